The zero-order chi connectivity index (χ0) is 17.4. The normalized spacial score (nSPS) is 20.3. The molecule has 6 nitrogen and oxygen atoms in total. The summed E-state index contributed by atoms with van der Waals surface area (Å²) in [6.07, 6.45) is 3.39. The Labute approximate surface area is 143 Å². The minimum Gasteiger partial charge on any atom is -0.393 e. The first kappa shape index (κ1) is 15.7. The minimum atomic E-state index is -1.73. The van der Waals surface area contributed by atoms with Crippen molar-refractivity contribution < 1.29 is 14.3 Å². The summed E-state index contributed by atoms with van der Waals surface area (Å²) in [6, 6.07) is 11.2. The molecule has 1 saturated heterocycles. The van der Waals surface area contributed by atoms with Crippen molar-refractivity contribution >= 4 is 16.8 Å². The molecule has 0 spiro atoms. The Kier molecular flexibility index (Phi) is 3.73. The first-order valence-corrected chi connectivity index (χ1v) is 8.08. The molecule has 3 heterocycles. The number of carbonyl (C=O) groups is 1. The maximum absolute atomic E-state index is 14.3. The summed E-state index contributed by atoms with van der Waals surface area (Å²) >= 11 is 0. The van der Waals surface area contributed by atoms with Gasteiger partial charge in [0.1, 0.15) is 0 Å². The summed E-state index contributed by atoms with van der Waals surface area (Å²) in [5.74, 6) is -0.358. The number of rotatable bonds is 3. The Morgan fingerprint density at radius 3 is 2.92 bits per heavy atom. The van der Waals surface area contributed by atoms with E-state index in [9.17, 15) is 14.3 Å². The summed E-state index contributed by atoms with van der Waals surface area (Å²) in [4.78, 5) is 18.5. The van der Waals surface area contributed by atoms with Crippen molar-refractivity contribution in [2.75, 3.05) is 19.7 Å². The predicted octanol–water partition coefficient (Wildman–Crippen LogP) is 1.97. The van der Waals surface area contributed by atoms with E-state index in [2.05, 4.69) is 10.1 Å². The summed E-state index contributed by atoms with van der Waals surface area (Å²) in [6.45, 7) is -0.459. The van der Waals surface area contributed by atoms with Gasteiger partial charge >= 0.3 is 0 Å². The standard InChI is InChI=1S/C18H17FN4O2/c19-18(12-24)7-9-22(11-18)17(25)16-15(6-3-8-20-16)23-14-5-2-1-4-13(14)10-21-23/h1-6,8,10,24H,7,9,11-12H2. The van der Waals surface area contributed by atoms with Gasteiger partial charge in [-0.25, -0.2) is 14.1 Å². The van der Waals surface area contributed by atoms with Crippen molar-refractivity contribution in [3.63, 3.8) is 0 Å². The van der Waals surface area contributed by atoms with Crippen molar-refractivity contribution in [3.05, 3.63) is 54.5 Å². The number of aliphatic hydroxyl groups excluding tert-OH is 1. The monoisotopic (exact) mass is 340 g/mol. The quantitative estimate of drug-likeness (QED) is 0.791. The van der Waals surface area contributed by atoms with E-state index in [1.54, 1.807) is 23.0 Å². The highest BCUT2D eigenvalue weighted by molar-refractivity contribution is 5.96. The van der Waals surface area contributed by atoms with Gasteiger partial charge in [0.25, 0.3) is 5.91 Å². The molecule has 1 aliphatic rings. The highest BCUT2D eigenvalue weighted by Gasteiger charge is 2.40. The number of hydrogen-bond acceptors (Lipinski definition) is 4. The number of likely N-dealkylation sites (tertiary alicyclic amines) is 1. The molecule has 0 aliphatic carbocycles. The molecule has 4 rings (SSSR count). The number of para-hydroxylation sites is 1. The van der Waals surface area contributed by atoms with Gasteiger partial charge in [0.15, 0.2) is 11.4 Å². The van der Waals surface area contributed by atoms with Crippen LogP contribution in [0.2, 0.25) is 0 Å². The Hall–Kier alpha value is -2.80. The van der Waals surface area contributed by atoms with Crippen LogP contribution >= 0.6 is 0 Å². The van der Waals surface area contributed by atoms with Gasteiger partial charge in [0.2, 0.25) is 0 Å². The second kappa shape index (κ2) is 5.93. The topological polar surface area (TPSA) is 71.2 Å². The average molecular weight is 340 g/mol. The molecule has 3 aromatic rings. The molecule has 1 aromatic carbocycles. The number of amides is 1. The molecular formula is C18H17FN4O2. The average Bonchev–Trinajstić information content (AvgIpc) is 3.26. The van der Waals surface area contributed by atoms with E-state index in [1.165, 1.54) is 11.1 Å². The summed E-state index contributed by atoms with van der Waals surface area (Å²) in [5, 5.41) is 14.5. The first-order chi connectivity index (χ1) is 12.1. The molecule has 0 radical (unpaired) electrons. The SMILES string of the molecule is O=C(c1ncccc1-n1ncc2ccccc21)N1CCC(F)(CO)C1. The van der Waals surface area contributed by atoms with Gasteiger partial charge in [-0.2, -0.15) is 5.10 Å². The maximum atomic E-state index is 14.3. The summed E-state index contributed by atoms with van der Waals surface area (Å²) in [7, 11) is 0. The van der Waals surface area contributed by atoms with E-state index >= 15 is 0 Å². The molecule has 0 saturated carbocycles. The third kappa shape index (κ3) is 2.66. The lowest BCUT2D eigenvalue weighted by Crippen LogP contribution is -2.36. The van der Waals surface area contributed by atoms with Crippen molar-refractivity contribution in [2.24, 2.45) is 0 Å². The molecular weight excluding hydrogens is 323 g/mol. The summed E-state index contributed by atoms with van der Waals surface area (Å²) in [5.41, 5.74) is -0.100. The van der Waals surface area contributed by atoms with E-state index in [0.29, 0.717) is 5.69 Å². The number of nitrogens with zero attached hydrogens (tertiary/aromatic N) is 4. The molecule has 1 aliphatic heterocycles. The predicted molar refractivity (Wildman–Crippen MR) is 90.3 cm³/mol. The zero-order valence-corrected chi connectivity index (χ0v) is 13.5. The van der Waals surface area contributed by atoms with Crippen LogP contribution in [-0.4, -0.2) is 56.0 Å². The minimum absolute atomic E-state index is 0.127. The highest BCUT2D eigenvalue weighted by atomic mass is 19.1. The van der Waals surface area contributed by atoms with Crippen molar-refractivity contribution in [3.8, 4) is 5.69 Å². The molecule has 1 unspecified atom stereocenters. The van der Waals surface area contributed by atoms with Crippen molar-refractivity contribution in [2.45, 2.75) is 12.1 Å². The highest BCUT2D eigenvalue weighted by Crippen LogP contribution is 2.27. The zero-order valence-electron chi connectivity index (χ0n) is 13.5. The van der Waals surface area contributed by atoms with Gasteiger partial charge in [0, 0.05) is 24.5 Å². The van der Waals surface area contributed by atoms with Gasteiger partial charge in [-0.1, -0.05) is 18.2 Å². The van der Waals surface area contributed by atoms with E-state index < -0.39 is 12.3 Å². The van der Waals surface area contributed by atoms with Crippen LogP contribution < -0.4 is 0 Å². The number of aliphatic hydroxyl groups is 1. The number of carbonyl (C=O) groups excluding carboxylic acids is 1. The van der Waals surface area contributed by atoms with E-state index in [4.69, 9.17) is 0 Å². The second-order valence-electron chi connectivity index (χ2n) is 6.27. The fourth-order valence-electron chi connectivity index (χ4n) is 3.18. The summed E-state index contributed by atoms with van der Waals surface area (Å²) < 4.78 is 15.9. The van der Waals surface area contributed by atoms with Gasteiger partial charge in [-0.3, -0.25) is 4.79 Å². The van der Waals surface area contributed by atoms with Crippen molar-refractivity contribution in [1.82, 2.24) is 19.7 Å². The molecule has 25 heavy (non-hydrogen) atoms. The molecule has 0 bridgehead atoms. The van der Waals surface area contributed by atoms with Crippen LogP contribution in [0.4, 0.5) is 4.39 Å². The lowest BCUT2D eigenvalue weighted by Gasteiger charge is -2.19. The Morgan fingerprint density at radius 2 is 2.12 bits per heavy atom. The number of pyridine rings is 1. The second-order valence-corrected chi connectivity index (χ2v) is 6.27. The van der Waals surface area contributed by atoms with E-state index in [1.807, 2.05) is 24.3 Å². The Bertz CT molecular complexity index is 941. The number of aromatic nitrogens is 3. The smallest absolute Gasteiger partial charge is 0.274 e. The van der Waals surface area contributed by atoms with Crippen LogP contribution in [0.25, 0.3) is 16.6 Å². The molecule has 7 heteroatoms. The van der Waals surface area contributed by atoms with Crippen molar-refractivity contribution in [1.29, 1.82) is 0 Å². The van der Waals surface area contributed by atoms with Gasteiger partial charge < -0.3 is 10.0 Å². The molecule has 2 aromatic heterocycles. The van der Waals surface area contributed by atoms with Crippen LogP contribution in [0.3, 0.4) is 0 Å². The van der Waals surface area contributed by atoms with Crippen LogP contribution in [0, 0.1) is 0 Å². The van der Waals surface area contributed by atoms with Gasteiger partial charge in [-0.05, 0) is 18.2 Å². The van der Waals surface area contributed by atoms with E-state index in [0.717, 1.165) is 10.9 Å². The number of hydrogen-bond donors (Lipinski definition) is 1. The largest absolute Gasteiger partial charge is 0.393 e. The number of fused-ring (bicyclic) bond motifs is 1. The van der Waals surface area contributed by atoms with Crippen LogP contribution in [0.15, 0.2) is 48.8 Å². The lowest BCUT2D eigenvalue weighted by molar-refractivity contribution is 0.0627. The molecule has 1 N–H and O–H groups in total. The number of halogens is 1. The van der Waals surface area contributed by atoms with E-state index in [-0.39, 0.29) is 31.1 Å². The Morgan fingerprint density at radius 1 is 1.28 bits per heavy atom. The number of alkyl halides is 1. The Balaban J connectivity index is 1.74. The number of benzene rings is 1. The maximum Gasteiger partial charge on any atom is 0.274 e. The van der Waals surface area contributed by atoms with Crippen LogP contribution in [0.1, 0.15) is 16.9 Å². The lowest BCUT2D eigenvalue weighted by atomic mass is 10.1. The van der Waals surface area contributed by atoms with Gasteiger partial charge in [-0.15, -0.1) is 0 Å². The van der Waals surface area contributed by atoms with Crippen LogP contribution in [-0.2, 0) is 0 Å². The van der Waals surface area contributed by atoms with Crippen LogP contribution in [0.5, 0.6) is 0 Å². The molecule has 128 valence electrons. The van der Waals surface area contributed by atoms with Gasteiger partial charge in [0.05, 0.1) is 30.6 Å². The first-order valence-electron chi connectivity index (χ1n) is 8.08. The third-order valence-corrected chi connectivity index (χ3v) is 4.57. The molecule has 1 fully saturated rings. The molecule has 1 atom stereocenters. The third-order valence-electron chi connectivity index (χ3n) is 4.57. The fourth-order valence-corrected chi connectivity index (χ4v) is 3.18. The fraction of sp³-hybridized carbons (Fsp3) is 0.278. The molecule has 1 amide bonds.